The first-order valence-corrected chi connectivity index (χ1v) is 8.57. The van der Waals surface area contributed by atoms with Gasteiger partial charge in [0.15, 0.2) is 0 Å². The van der Waals surface area contributed by atoms with Crippen molar-refractivity contribution in [2.45, 2.75) is 45.1 Å². The molecule has 0 bridgehead atoms. The Morgan fingerprint density at radius 2 is 1.96 bits per heavy atom. The van der Waals surface area contributed by atoms with E-state index in [1.807, 2.05) is 23.7 Å². The highest BCUT2D eigenvalue weighted by molar-refractivity contribution is 6.30. The monoisotopic (exact) mass is 342 g/mol. The molecular formula is C18H19ClN4O. The Morgan fingerprint density at radius 1 is 1.17 bits per heavy atom. The van der Waals surface area contributed by atoms with Gasteiger partial charge in [-0.1, -0.05) is 23.7 Å². The molecule has 4 rings (SSSR count). The van der Waals surface area contributed by atoms with Crippen molar-refractivity contribution in [1.29, 1.82) is 0 Å². The molecule has 0 amide bonds. The molecule has 1 fully saturated rings. The molecule has 2 unspecified atom stereocenters. The van der Waals surface area contributed by atoms with Crippen LogP contribution in [0.4, 0.5) is 0 Å². The Hall–Kier alpha value is -2.14. The van der Waals surface area contributed by atoms with Crippen LogP contribution in [0.1, 0.15) is 47.0 Å². The number of benzene rings is 1. The Kier molecular flexibility index (Phi) is 3.88. The summed E-state index contributed by atoms with van der Waals surface area (Å²) in [4.78, 5) is 0. The average Bonchev–Trinajstić information content (AvgIpc) is 3.09. The average molecular weight is 343 g/mol. The third-order valence-electron chi connectivity index (χ3n) is 4.53. The van der Waals surface area contributed by atoms with Crippen molar-refractivity contribution < 1.29 is 4.42 Å². The number of hydrogen-bond donors (Lipinski definition) is 0. The summed E-state index contributed by atoms with van der Waals surface area (Å²) in [5.41, 5.74) is 3.46. The zero-order chi connectivity index (χ0) is 16.7. The minimum atomic E-state index is 0.334. The van der Waals surface area contributed by atoms with Crippen LogP contribution in [0.15, 0.2) is 34.7 Å². The lowest BCUT2D eigenvalue weighted by molar-refractivity contribution is 0.430. The number of nitrogens with zero attached hydrogens (tertiary/aromatic N) is 4. The summed E-state index contributed by atoms with van der Waals surface area (Å²) >= 11 is 5.94. The van der Waals surface area contributed by atoms with Crippen LogP contribution in [-0.4, -0.2) is 20.0 Å². The quantitative estimate of drug-likeness (QED) is 0.702. The summed E-state index contributed by atoms with van der Waals surface area (Å²) in [5.74, 6) is 2.23. The van der Waals surface area contributed by atoms with Crippen molar-refractivity contribution in [3.05, 3.63) is 64.1 Å². The van der Waals surface area contributed by atoms with Crippen LogP contribution in [-0.2, 0) is 13.0 Å². The second-order valence-corrected chi connectivity index (χ2v) is 6.87. The van der Waals surface area contributed by atoms with Crippen LogP contribution in [0.2, 0.25) is 5.02 Å². The zero-order valence-corrected chi connectivity index (χ0v) is 14.5. The smallest absolute Gasteiger partial charge is 0.220 e. The molecule has 0 spiro atoms. The van der Waals surface area contributed by atoms with Gasteiger partial charge in [-0.25, -0.2) is 0 Å². The van der Waals surface area contributed by atoms with Gasteiger partial charge in [0.1, 0.15) is 0 Å². The van der Waals surface area contributed by atoms with E-state index in [1.165, 1.54) is 5.56 Å². The normalized spacial score (nSPS) is 19.6. The molecule has 1 aromatic carbocycles. The predicted octanol–water partition coefficient (Wildman–Crippen LogP) is 4.05. The van der Waals surface area contributed by atoms with Gasteiger partial charge in [-0.3, -0.25) is 4.68 Å². The van der Waals surface area contributed by atoms with Crippen molar-refractivity contribution in [3.63, 3.8) is 0 Å². The molecule has 2 atom stereocenters. The SMILES string of the molecule is Cc1cc(C)n(CCc2nnc(C3CC3c3ccc(Cl)cc3)o2)n1. The van der Waals surface area contributed by atoms with Crippen LogP contribution >= 0.6 is 11.6 Å². The fraction of sp³-hybridized carbons (Fsp3) is 0.389. The molecule has 0 N–H and O–H groups in total. The molecule has 0 radical (unpaired) electrons. The van der Waals surface area contributed by atoms with Crippen molar-refractivity contribution in [3.8, 4) is 0 Å². The van der Waals surface area contributed by atoms with Gasteiger partial charge in [0.05, 0.1) is 5.69 Å². The Bertz CT molecular complexity index is 852. The van der Waals surface area contributed by atoms with Crippen LogP contribution in [0.25, 0.3) is 0 Å². The van der Waals surface area contributed by atoms with E-state index in [4.69, 9.17) is 16.0 Å². The van der Waals surface area contributed by atoms with Crippen LogP contribution in [0, 0.1) is 13.8 Å². The van der Waals surface area contributed by atoms with Gasteiger partial charge >= 0.3 is 0 Å². The number of halogens is 1. The number of aryl methyl sites for hydroxylation is 4. The van der Waals surface area contributed by atoms with E-state index < -0.39 is 0 Å². The van der Waals surface area contributed by atoms with Gasteiger partial charge in [-0.2, -0.15) is 5.10 Å². The van der Waals surface area contributed by atoms with E-state index >= 15 is 0 Å². The molecule has 24 heavy (non-hydrogen) atoms. The molecule has 1 aliphatic rings. The minimum Gasteiger partial charge on any atom is -0.425 e. The molecule has 5 nitrogen and oxygen atoms in total. The Labute approximate surface area is 145 Å². The summed E-state index contributed by atoms with van der Waals surface area (Å²) in [6.45, 7) is 4.81. The Balaban J connectivity index is 1.39. The number of hydrogen-bond acceptors (Lipinski definition) is 4. The maximum absolute atomic E-state index is 5.94. The van der Waals surface area contributed by atoms with E-state index in [0.29, 0.717) is 24.1 Å². The third-order valence-corrected chi connectivity index (χ3v) is 4.78. The zero-order valence-electron chi connectivity index (χ0n) is 13.7. The van der Waals surface area contributed by atoms with Crippen molar-refractivity contribution in [2.75, 3.05) is 0 Å². The molecule has 1 saturated carbocycles. The first kappa shape index (κ1) is 15.4. The molecule has 2 aromatic heterocycles. The van der Waals surface area contributed by atoms with Gasteiger partial charge in [0, 0.05) is 29.6 Å². The first-order valence-electron chi connectivity index (χ1n) is 8.19. The first-order chi connectivity index (χ1) is 11.6. The minimum absolute atomic E-state index is 0.334. The molecule has 6 heteroatoms. The van der Waals surface area contributed by atoms with Crippen molar-refractivity contribution >= 4 is 11.6 Å². The second kappa shape index (κ2) is 6.06. The van der Waals surface area contributed by atoms with E-state index in [2.05, 4.69) is 40.4 Å². The number of rotatable bonds is 5. The number of aromatic nitrogens is 4. The van der Waals surface area contributed by atoms with Gasteiger partial charge in [0.2, 0.25) is 11.8 Å². The third kappa shape index (κ3) is 3.08. The maximum atomic E-state index is 5.94. The highest BCUT2D eigenvalue weighted by Gasteiger charge is 2.43. The van der Waals surface area contributed by atoms with Crippen LogP contribution < -0.4 is 0 Å². The van der Waals surface area contributed by atoms with E-state index in [-0.39, 0.29) is 0 Å². The molecular weight excluding hydrogens is 324 g/mol. The predicted molar refractivity (Wildman–Crippen MR) is 91.3 cm³/mol. The molecule has 2 heterocycles. The van der Waals surface area contributed by atoms with E-state index in [1.54, 1.807) is 0 Å². The lowest BCUT2D eigenvalue weighted by Crippen LogP contribution is -2.05. The summed E-state index contributed by atoms with van der Waals surface area (Å²) in [6.07, 6.45) is 1.76. The standard InChI is InChI=1S/C18H19ClN4O/c1-11-9-12(2)23(22-11)8-7-17-20-21-18(24-17)16-10-15(16)13-3-5-14(19)6-4-13/h3-6,9,15-16H,7-8,10H2,1-2H3. The van der Waals surface area contributed by atoms with E-state index in [9.17, 15) is 0 Å². The van der Waals surface area contributed by atoms with Gasteiger partial charge in [-0.05, 0) is 49.9 Å². The fourth-order valence-corrected chi connectivity index (χ4v) is 3.29. The highest BCUT2D eigenvalue weighted by atomic mass is 35.5. The van der Waals surface area contributed by atoms with Crippen LogP contribution in [0.5, 0.6) is 0 Å². The highest BCUT2D eigenvalue weighted by Crippen LogP contribution is 2.54. The lowest BCUT2D eigenvalue weighted by Gasteiger charge is -2.01. The van der Waals surface area contributed by atoms with Gasteiger partial charge < -0.3 is 4.42 Å². The molecule has 0 saturated heterocycles. The maximum Gasteiger partial charge on any atom is 0.220 e. The summed E-state index contributed by atoms with van der Waals surface area (Å²) in [6, 6.07) is 10.1. The molecule has 124 valence electrons. The molecule has 1 aliphatic carbocycles. The summed E-state index contributed by atoms with van der Waals surface area (Å²) in [5, 5.41) is 13.6. The van der Waals surface area contributed by atoms with Gasteiger partial charge in [-0.15, -0.1) is 10.2 Å². The van der Waals surface area contributed by atoms with Crippen molar-refractivity contribution in [2.24, 2.45) is 0 Å². The van der Waals surface area contributed by atoms with Crippen molar-refractivity contribution in [1.82, 2.24) is 20.0 Å². The fourth-order valence-electron chi connectivity index (χ4n) is 3.17. The topological polar surface area (TPSA) is 56.7 Å². The molecule has 3 aromatic rings. The largest absolute Gasteiger partial charge is 0.425 e. The summed E-state index contributed by atoms with van der Waals surface area (Å²) in [7, 11) is 0. The Morgan fingerprint density at radius 3 is 2.67 bits per heavy atom. The van der Waals surface area contributed by atoms with Gasteiger partial charge in [0.25, 0.3) is 0 Å². The lowest BCUT2D eigenvalue weighted by atomic mass is 10.1. The second-order valence-electron chi connectivity index (χ2n) is 6.43. The van der Waals surface area contributed by atoms with E-state index in [0.717, 1.165) is 35.3 Å². The van der Waals surface area contributed by atoms with Crippen LogP contribution in [0.3, 0.4) is 0 Å². The molecule has 0 aliphatic heterocycles. The summed E-state index contributed by atoms with van der Waals surface area (Å²) < 4.78 is 7.84.